The monoisotopic (exact) mass is 298 g/mol. The van der Waals surface area contributed by atoms with Crippen molar-refractivity contribution >= 4 is 5.96 Å². The number of nitrogens with one attached hydrogen (secondary N) is 2. The van der Waals surface area contributed by atoms with Crippen LogP contribution in [0.25, 0.3) is 0 Å². The van der Waals surface area contributed by atoms with Gasteiger partial charge in [0.1, 0.15) is 0 Å². The maximum atomic E-state index is 4.28. The van der Waals surface area contributed by atoms with Gasteiger partial charge >= 0.3 is 0 Å². The number of nitrogens with zero attached hydrogens (tertiary/aromatic N) is 2. The molecule has 0 fully saturated rings. The molecule has 4 heteroatoms. The second-order valence-corrected chi connectivity index (χ2v) is 5.62. The summed E-state index contributed by atoms with van der Waals surface area (Å²) in [7, 11) is 1.81. The van der Waals surface area contributed by atoms with E-state index in [9.17, 15) is 0 Å². The second kappa shape index (κ2) is 8.27. The first kappa shape index (κ1) is 16.1. The van der Waals surface area contributed by atoms with E-state index in [2.05, 4.69) is 70.7 Å². The zero-order valence-electron chi connectivity index (χ0n) is 13.7. The van der Waals surface area contributed by atoms with Crippen LogP contribution in [0.1, 0.15) is 24.0 Å². The van der Waals surface area contributed by atoms with Crippen LogP contribution in [0.15, 0.2) is 53.8 Å². The van der Waals surface area contributed by atoms with E-state index >= 15 is 0 Å². The van der Waals surface area contributed by atoms with Crippen LogP contribution in [-0.2, 0) is 6.54 Å². The zero-order valence-corrected chi connectivity index (χ0v) is 13.7. The first-order valence-corrected chi connectivity index (χ1v) is 7.81. The fourth-order valence-corrected chi connectivity index (χ4v) is 2.39. The molecule has 0 radical (unpaired) electrons. The van der Waals surface area contributed by atoms with E-state index < -0.39 is 0 Å². The maximum Gasteiger partial charge on any atom is 0.191 e. The van der Waals surface area contributed by atoms with Crippen molar-refractivity contribution in [3.8, 4) is 0 Å². The van der Waals surface area contributed by atoms with Crippen molar-refractivity contribution in [1.29, 1.82) is 0 Å². The van der Waals surface area contributed by atoms with Crippen molar-refractivity contribution in [3.05, 3.63) is 59.9 Å². The molecule has 1 aromatic carbocycles. The minimum Gasteiger partial charge on any atom is -0.356 e. The molecule has 0 spiro atoms. The molecule has 1 atom stereocenters. The lowest BCUT2D eigenvalue weighted by molar-refractivity contribution is 0.652. The molecule has 2 N–H and O–H groups in total. The van der Waals surface area contributed by atoms with Crippen LogP contribution in [0.5, 0.6) is 0 Å². The topological polar surface area (TPSA) is 41.4 Å². The highest BCUT2D eigenvalue weighted by atomic mass is 15.2. The summed E-state index contributed by atoms with van der Waals surface area (Å²) in [5.41, 5.74) is 2.66. The lowest BCUT2D eigenvalue weighted by Crippen LogP contribution is -2.40. The Bertz CT molecular complexity index is 587. The Hall–Kier alpha value is -2.23. The first-order chi connectivity index (χ1) is 10.7. The van der Waals surface area contributed by atoms with E-state index in [-0.39, 0.29) is 0 Å². The van der Waals surface area contributed by atoms with E-state index in [1.807, 2.05) is 19.2 Å². The molecule has 0 saturated heterocycles. The molecule has 0 bridgehead atoms. The van der Waals surface area contributed by atoms with E-state index in [1.165, 1.54) is 11.1 Å². The van der Waals surface area contributed by atoms with Crippen molar-refractivity contribution in [3.63, 3.8) is 0 Å². The Morgan fingerprint density at radius 3 is 2.64 bits per heavy atom. The van der Waals surface area contributed by atoms with Gasteiger partial charge in [0.15, 0.2) is 5.96 Å². The lowest BCUT2D eigenvalue weighted by atomic mass is 9.99. The molecule has 2 aromatic rings. The first-order valence-electron chi connectivity index (χ1n) is 7.81. The summed E-state index contributed by atoms with van der Waals surface area (Å²) >= 11 is 0. The third-order valence-corrected chi connectivity index (χ3v) is 3.74. The molecular weight excluding hydrogens is 272 g/mol. The SMILES string of the molecule is CN=C(NCCn1cccc1)NCC(C)c1cccc(C)c1. The third kappa shape index (κ3) is 4.95. The molecular formula is C18H26N4. The van der Waals surface area contributed by atoms with Crippen molar-refractivity contribution in [1.82, 2.24) is 15.2 Å². The Morgan fingerprint density at radius 1 is 1.18 bits per heavy atom. The highest BCUT2D eigenvalue weighted by Crippen LogP contribution is 2.15. The number of benzene rings is 1. The summed E-state index contributed by atoms with van der Waals surface area (Å²) in [6.45, 7) is 7.02. The van der Waals surface area contributed by atoms with Gasteiger partial charge in [-0.3, -0.25) is 4.99 Å². The van der Waals surface area contributed by atoms with Crippen LogP contribution in [-0.4, -0.2) is 30.7 Å². The predicted molar refractivity (Wildman–Crippen MR) is 93.4 cm³/mol. The average molecular weight is 298 g/mol. The molecule has 0 saturated carbocycles. The largest absolute Gasteiger partial charge is 0.356 e. The molecule has 0 aliphatic carbocycles. The highest BCUT2D eigenvalue weighted by molar-refractivity contribution is 5.79. The molecule has 2 rings (SSSR count). The number of hydrogen-bond acceptors (Lipinski definition) is 1. The maximum absolute atomic E-state index is 4.28. The fourth-order valence-electron chi connectivity index (χ4n) is 2.39. The molecule has 118 valence electrons. The highest BCUT2D eigenvalue weighted by Gasteiger charge is 2.06. The molecule has 0 aliphatic rings. The Kier molecular flexibility index (Phi) is 6.07. The van der Waals surface area contributed by atoms with E-state index in [0.717, 1.165) is 25.6 Å². The molecule has 22 heavy (non-hydrogen) atoms. The number of aryl methyl sites for hydroxylation is 1. The molecule has 0 amide bonds. The van der Waals surface area contributed by atoms with Crippen LogP contribution in [0.2, 0.25) is 0 Å². The number of guanidine groups is 1. The molecule has 1 heterocycles. The summed E-state index contributed by atoms with van der Waals surface area (Å²) in [4.78, 5) is 4.28. The Balaban J connectivity index is 1.76. The van der Waals surface area contributed by atoms with Crippen LogP contribution in [0.3, 0.4) is 0 Å². The normalized spacial score (nSPS) is 13.0. The van der Waals surface area contributed by atoms with Gasteiger partial charge in [0.2, 0.25) is 0 Å². The van der Waals surface area contributed by atoms with E-state index in [4.69, 9.17) is 0 Å². The fraction of sp³-hybridized carbons (Fsp3) is 0.389. The van der Waals surface area contributed by atoms with Gasteiger partial charge in [-0.25, -0.2) is 0 Å². The van der Waals surface area contributed by atoms with Crippen molar-refractivity contribution in [2.75, 3.05) is 20.1 Å². The van der Waals surface area contributed by atoms with Gasteiger partial charge in [-0.1, -0.05) is 36.8 Å². The molecule has 0 aliphatic heterocycles. The Morgan fingerprint density at radius 2 is 1.95 bits per heavy atom. The van der Waals surface area contributed by atoms with E-state index in [0.29, 0.717) is 5.92 Å². The van der Waals surface area contributed by atoms with Gasteiger partial charge in [0.25, 0.3) is 0 Å². The second-order valence-electron chi connectivity index (χ2n) is 5.62. The third-order valence-electron chi connectivity index (χ3n) is 3.74. The zero-order chi connectivity index (χ0) is 15.8. The quantitative estimate of drug-likeness (QED) is 0.636. The van der Waals surface area contributed by atoms with Gasteiger partial charge in [0.05, 0.1) is 0 Å². The van der Waals surface area contributed by atoms with Gasteiger partial charge < -0.3 is 15.2 Å². The van der Waals surface area contributed by atoms with Crippen molar-refractivity contribution < 1.29 is 0 Å². The predicted octanol–water partition coefficient (Wildman–Crippen LogP) is 2.77. The minimum absolute atomic E-state index is 0.447. The summed E-state index contributed by atoms with van der Waals surface area (Å²) in [5.74, 6) is 1.30. The number of rotatable bonds is 6. The summed E-state index contributed by atoms with van der Waals surface area (Å²) < 4.78 is 2.15. The van der Waals surface area contributed by atoms with Crippen LogP contribution >= 0.6 is 0 Å². The number of hydrogen-bond donors (Lipinski definition) is 2. The molecule has 4 nitrogen and oxygen atoms in total. The average Bonchev–Trinajstić information content (AvgIpc) is 3.03. The Labute approximate surface area is 133 Å². The summed E-state index contributed by atoms with van der Waals surface area (Å²) in [6, 6.07) is 12.8. The standard InChI is InChI=1S/C18H26N4/c1-15-7-6-8-17(13-15)16(2)14-21-18(19-3)20-9-12-22-10-4-5-11-22/h4-8,10-11,13,16H,9,12,14H2,1-3H3,(H2,19,20,21). The van der Waals surface area contributed by atoms with Gasteiger partial charge in [-0.2, -0.15) is 0 Å². The summed E-state index contributed by atoms with van der Waals surface area (Å²) in [6.07, 6.45) is 4.13. The van der Waals surface area contributed by atoms with Crippen LogP contribution in [0, 0.1) is 6.92 Å². The van der Waals surface area contributed by atoms with E-state index in [1.54, 1.807) is 0 Å². The smallest absolute Gasteiger partial charge is 0.191 e. The van der Waals surface area contributed by atoms with Crippen molar-refractivity contribution in [2.24, 2.45) is 4.99 Å². The summed E-state index contributed by atoms with van der Waals surface area (Å²) in [5, 5.41) is 6.74. The number of aromatic nitrogens is 1. The van der Waals surface area contributed by atoms with Crippen LogP contribution < -0.4 is 10.6 Å². The molecule has 1 aromatic heterocycles. The van der Waals surface area contributed by atoms with Gasteiger partial charge in [-0.15, -0.1) is 0 Å². The number of aliphatic imine (C=N–C) groups is 1. The molecule has 1 unspecified atom stereocenters. The van der Waals surface area contributed by atoms with Crippen LogP contribution in [0.4, 0.5) is 0 Å². The van der Waals surface area contributed by atoms with Gasteiger partial charge in [-0.05, 0) is 30.5 Å². The minimum atomic E-state index is 0.447. The lowest BCUT2D eigenvalue weighted by Gasteiger charge is -2.17. The van der Waals surface area contributed by atoms with Gasteiger partial charge in [0, 0.05) is 39.1 Å². The van der Waals surface area contributed by atoms with Crippen molar-refractivity contribution in [2.45, 2.75) is 26.3 Å².